The minimum atomic E-state index is 0.283. The summed E-state index contributed by atoms with van der Waals surface area (Å²) >= 11 is 14.1. The first kappa shape index (κ1) is 19.1. The summed E-state index contributed by atoms with van der Waals surface area (Å²) < 4.78 is 11.4. The Balaban J connectivity index is 1.63. The number of ether oxygens (including phenoxy) is 2. The van der Waals surface area contributed by atoms with Gasteiger partial charge in [0.1, 0.15) is 6.61 Å². The van der Waals surface area contributed by atoms with Crippen LogP contribution >= 0.6 is 34.5 Å². The smallest absolute Gasteiger partial charge is 0.161 e. The normalized spacial score (nSPS) is 10.7. The molecule has 0 saturated heterocycles. The van der Waals surface area contributed by atoms with Gasteiger partial charge in [0.15, 0.2) is 11.5 Å². The molecule has 3 rings (SSSR count). The van der Waals surface area contributed by atoms with Crippen LogP contribution < -0.4 is 14.8 Å². The lowest BCUT2D eigenvalue weighted by Crippen LogP contribution is -2.11. The van der Waals surface area contributed by atoms with Crippen LogP contribution in [0.2, 0.25) is 10.0 Å². The van der Waals surface area contributed by atoms with E-state index in [1.807, 2.05) is 24.3 Å². The minimum Gasteiger partial charge on any atom is -0.493 e. The van der Waals surface area contributed by atoms with Crippen molar-refractivity contribution in [1.29, 1.82) is 0 Å². The average molecular weight is 408 g/mol. The quantitative estimate of drug-likeness (QED) is 0.501. The van der Waals surface area contributed by atoms with Gasteiger partial charge in [0, 0.05) is 33.6 Å². The van der Waals surface area contributed by atoms with Crippen molar-refractivity contribution in [1.82, 2.24) is 5.32 Å². The predicted molar refractivity (Wildman–Crippen MR) is 109 cm³/mol. The lowest BCUT2D eigenvalue weighted by Gasteiger charge is -2.14. The molecule has 0 saturated carbocycles. The third-order valence-corrected chi connectivity index (χ3v) is 5.45. The molecule has 26 heavy (non-hydrogen) atoms. The molecule has 136 valence electrons. The summed E-state index contributed by atoms with van der Waals surface area (Å²) in [5.74, 6) is 1.34. The van der Waals surface area contributed by atoms with Gasteiger partial charge in [0.05, 0.1) is 7.11 Å². The Kier molecular flexibility index (Phi) is 6.80. The number of halogens is 2. The maximum absolute atomic E-state index is 6.19. The van der Waals surface area contributed by atoms with E-state index in [9.17, 15) is 0 Å². The maximum atomic E-state index is 6.19. The molecule has 0 spiro atoms. The van der Waals surface area contributed by atoms with Crippen molar-refractivity contribution >= 4 is 34.5 Å². The van der Waals surface area contributed by atoms with Crippen LogP contribution in [0.3, 0.4) is 0 Å². The number of rotatable bonds is 8. The number of methoxy groups -OCH3 is 1. The second kappa shape index (κ2) is 9.28. The van der Waals surface area contributed by atoms with Gasteiger partial charge in [-0.15, -0.1) is 11.3 Å². The third-order valence-electron chi connectivity index (χ3n) is 3.87. The SMILES string of the molecule is COc1cc(CNCc2cccs2)ccc1OCc1c(Cl)cccc1Cl. The van der Waals surface area contributed by atoms with Gasteiger partial charge in [0.25, 0.3) is 0 Å². The monoisotopic (exact) mass is 407 g/mol. The highest BCUT2D eigenvalue weighted by molar-refractivity contribution is 7.09. The van der Waals surface area contributed by atoms with Gasteiger partial charge in [-0.2, -0.15) is 0 Å². The van der Waals surface area contributed by atoms with Crippen molar-refractivity contribution in [2.24, 2.45) is 0 Å². The van der Waals surface area contributed by atoms with E-state index in [4.69, 9.17) is 32.7 Å². The van der Waals surface area contributed by atoms with Crippen LogP contribution in [0.1, 0.15) is 16.0 Å². The van der Waals surface area contributed by atoms with Crippen LogP contribution in [0.4, 0.5) is 0 Å². The van der Waals surface area contributed by atoms with Crippen LogP contribution in [0.15, 0.2) is 53.9 Å². The molecule has 0 aliphatic rings. The van der Waals surface area contributed by atoms with Crippen LogP contribution in [-0.4, -0.2) is 7.11 Å². The van der Waals surface area contributed by atoms with E-state index in [0.717, 1.165) is 24.2 Å². The number of thiophene rings is 1. The molecule has 3 aromatic rings. The van der Waals surface area contributed by atoms with Crippen molar-refractivity contribution in [3.05, 3.63) is 80.0 Å². The Morgan fingerprint density at radius 2 is 1.77 bits per heavy atom. The molecule has 0 bridgehead atoms. The molecule has 0 atom stereocenters. The van der Waals surface area contributed by atoms with E-state index in [2.05, 4.69) is 22.8 Å². The van der Waals surface area contributed by atoms with E-state index in [0.29, 0.717) is 21.5 Å². The molecular weight excluding hydrogens is 389 g/mol. The lowest BCUT2D eigenvalue weighted by atomic mass is 10.2. The fourth-order valence-electron chi connectivity index (χ4n) is 2.50. The molecule has 3 nitrogen and oxygen atoms in total. The van der Waals surface area contributed by atoms with Gasteiger partial charge in [-0.3, -0.25) is 0 Å². The minimum absolute atomic E-state index is 0.283. The fourth-order valence-corrected chi connectivity index (χ4v) is 3.69. The van der Waals surface area contributed by atoms with E-state index < -0.39 is 0 Å². The van der Waals surface area contributed by atoms with Gasteiger partial charge in [-0.1, -0.05) is 41.4 Å². The maximum Gasteiger partial charge on any atom is 0.161 e. The summed E-state index contributed by atoms with van der Waals surface area (Å²) in [5.41, 5.74) is 1.89. The molecule has 6 heteroatoms. The van der Waals surface area contributed by atoms with Crippen molar-refractivity contribution in [2.75, 3.05) is 7.11 Å². The molecule has 0 fully saturated rings. The Bertz CT molecular complexity index is 833. The van der Waals surface area contributed by atoms with Crippen molar-refractivity contribution in [2.45, 2.75) is 19.7 Å². The summed E-state index contributed by atoms with van der Waals surface area (Å²) in [7, 11) is 1.63. The molecule has 0 radical (unpaired) electrons. The molecule has 0 aliphatic heterocycles. The first-order valence-corrected chi connectivity index (χ1v) is 9.76. The second-order valence-corrected chi connectivity index (χ2v) is 7.50. The van der Waals surface area contributed by atoms with Crippen LogP contribution in [0.25, 0.3) is 0 Å². The van der Waals surface area contributed by atoms with Gasteiger partial charge < -0.3 is 14.8 Å². The van der Waals surface area contributed by atoms with Crippen molar-refractivity contribution in [3.63, 3.8) is 0 Å². The first-order valence-electron chi connectivity index (χ1n) is 8.13. The number of benzene rings is 2. The third kappa shape index (κ3) is 4.92. The predicted octanol–water partition coefficient (Wildman–Crippen LogP) is 5.93. The highest BCUT2D eigenvalue weighted by Gasteiger charge is 2.10. The van der Waals surface area contributed by atoms with E-state index in [1.54, 1.807) is 30.6 Å². The zero-order chi connectivity index (χ0) is 18.4. The standard InChI is InChI=1S/C20H19Cl2NO2S/c1-24-20-10-14(11-23-12-15-4-3-9-26-15)7-8-19(20)25-13-16-17(21)5-2-6-18(16)22/h2-10,23H,11-13H2,1H3. The average Bonchev–Trinajstić information content (AvgIpc) is 3.15. The van der Waals surface area contributed by atoms with Crippen molar-refractivity contribution in [3.8, 4) is 11.5 Å². The highest BCUT2D eigenvalue weighted by atomic mass is 35.5. The molecular formula is C20H19Cl2NO2S. The van der Waals surface area contributed by atoms with Gasteiger partial charge >= 0.3 is 0 Å². The number of hydrogen-bond donors (Lipinski definition) is 1. The lowest BCUT2D eigenvalue weighted by molar-refractivity contribution is 0.284. The Hall–Kier alpha value is -1.72. The van der Waals surface area contributed by atoms with E-state index in [1.165, 1.54) is 4.88 Å². The molecule has 2 aromatic carbocycles. The van der Waals surface area contributed by atoms with Crippen LogP contribution in [-0.2, 0) is 19.7 Å². The molecule has 0 aliphatic carbocycles. The van der Waals surface area contributed by atoms with Crippen molar-refractivity contribution < 1.29 is 9.47 Å². The molecule has 1 N–H and O–H groups in total. The zero-order valence-electron chi connectivity index (χ0n) is 14.3. The van der Waals surface area contributed by atoms with Crippen LogP contribution in [0.5, 0.6) is 11.5 Å². The molecule has 1 aromatic heterocycles. The Morgan fingerprint density at radius 1 is 0.962 bits per heavy atom. The number of nitrogens with one attached hydrogen (secondary N) is 1. The summed E-state index contributed by atoms with van der Waals surface area (Å²) in [5, 5.41) is 6.69. The second-order valence-electron chi connectivity index (χ2n) is 5.66. The largest absolute Gasteiger partial charge is 0.493 e. The molecule has 0 amide bonds. The van der Waals surface area contributed by atoms with E-state index in [-0.39, 0.29) is 6.61 Å². The van der Waals surface area contributed by atoms with Gasteiger partial charge in [-0.05, 0) is 41.3 Å². The topological polar surface area (TPSA) is 30.5 Å². The highest BCUT2D eigenvalue weighted by Crippen LogP contribution is 2.31. The van der Waals surface area contributed by atoms with Crippen LogP contribution in [0, 0.1) is 0 Å². The summed E-state index contributed by atoms with van der Waals surface area (Å²) in [6.07, 6.45) is 0. The fraction of sp³-hybridized carbons (Fsp3) is 0.200. The summed E-state index contributed by atoms with van der Waals surface area (Å²) in [6.45, 7) is 1.89. The van der Waals surface area contributed by atoms with Gasteiger partial charge in [0.2, 0.25) is 0 Å². The first-order chi connectivity index (χ1) is 12.7. The summed E-state index contributed by atoms with van der Waals surface area (Å²) in [4.78, 5) is 1.31. The molecule has 1 heterocycles. The zero-order valence-corrected chi connectivity index (χ0v) is 16.6. The number of hydrogen-bond acceptors (Lipinski definition) is 4. The molecule has 0 unspecified atom stereocenters. The van der Waals surface area contributed by atoms with Gasteiger partial charge in [-0.25, -0.2) is 0 Å². The van der Waals surface area contributed by atoms with E-state index >= 15 is 0 Å². The Morgan fingerprint density at radius 3 is 2.46 bits per heavy atom. The Labute approximate surface area is 167 Å². The summed E-state index contributed by atoms with van der Waals surface area (Å²) in [6, 6.07) is 15.5.